The van der Waals surface area contributed by atoms with Gasteiger partial charge >= 0.3 is 0 Å². The van der Waals surface area contributed by atoms with Crippen LogP contribution in [0.5, 0.6) is 0 Å². The number of benzene rings is 2. The van der Waals surface area contributed by atoms with Crippen LogP contribution in [0.1, 0.15) is 49.5 Å². The largest absolute Gasteiger partial charge is 0.456 e. The molecule has 0 unspecified atom stereocenters. The number of imide groups is 1. The zero-order valence-electron chi connectivity index (χ0n) is 18.9. The van der Waals surface area contributed by atoms with Gasteiger partial charge in [-0.25, -0.2) is 9.89 Å². The van der Waals surface area contributed by atoms with Gasteiger partial charge in [-0.05, 0) is 48.9 Å². The molecule has 0 radical (unpaired) electrons. The van der Waals surface area contributed by atoms with Gasteiger partial charge in [0, 0.05) is 30.3 Å². The van der Waals surface area contributed by atoms with E-state index in [1.807, 2.05) is 0 Å². The molecule has 0 aliphatic rings. The first-order valence-corrected chi connectivity index (χ1v) is 11.3. The predicted octanol–water partition coefficient (Wildman–Crippen LogP) is 6.55. The fraction of sp³-hybridized carbons (Fsp3) is 0.200. The number of carbonyl (C=O) groups is 3. The lowest BCUT2D eigenvalue weighted by Gasteiger charge is -2.20. The highest BCUT2D eigenvalue weighted by Crippen LogP contribution is 2.35. The number of nitrogens with zero attached hydrogens (tertiary/aromatic N) is 2. The molecule has 9 heteroatoms. The Balaban J connectivity index is 2.02. The SMILES string of the molecule is C=C(/C=C(\N=CC)N(C(=O)CC)C(=O)CC)c1c(C(=O)Nc2ccc(Cl)c(Cl)c2)c2ccc1o2. The van der Waals surface area contributed by atoms with Gasteiger partial charge in [-0.3, -0.25) is 14.4 Å². The summed E-state index contributed by atoms with van der Waals surface area (Å²) < 4.78 is 5.72. The fourth-order valence-electron chi connectivity index (χ4n) is 3.40. The Kier molecular flexibility index (Phi) is 7.91. The van der Waals surface area contributed by atoms with Crippen LogP contribution in [0.25, 0.3) is 16.7 Å². The Morgan fingerprint density at radius 2 is 1.65 bits per heavy atom. The number of hydrogen-bond acceptors (Lipinski definition) is 5. The molecule has 3 rings (SSSR count). The summed E-state index contributed by atoms with van der Waals surface area (Å²) in [6.07, 6.45) is 3.21. The summed E-state index contributed by atoms with van der Waals surface area (Å²) in [7, 11) is 0. The van der Waals surface area contributed by atoms with E-state index in [4.69, 9.17) is 27.6 Å². The van der Waals surface area contributed by atoms with E-state index < -0.39 is 17.7 Å². The normalized spacial score (nSPS) is 11.9. The molecule has 0 aliphatic carbocycles. The number of nitrogens with one attached hydrogen (secondary N) is 1. The Bertz CT molecular complexity index is 1310. The van der Waals surface area contributed by atoms with E-state index >= 15 is 0 Å². The van der Waals surface area contributed by atoms with Crippen molar-refractivity contribution < 1.29 is 18.8 Å². The molecular weight excluding hydrogens is 477 g/mol. The number of amides is 3. The standard InChI is InChI=1S/C25H23Cl2N3O4/c1-5-21(31)30(22(32)6-2)20(28-7-3)12-14(4)23-18-10-11-19(34-18)24(23)25(33)29-15-8-9-16(26)17(27)13-15/h7-13H,4-6H2,1-3H3,(H,29,33)/b20-12+,28-7?. The summed E-state index contributed by atoms with van der Waals surface area (Å²) in [5, 5.41) is 3.45. The quantitative estimate of drug-likeness (QED) is 0.280. The van der Waals surface area contributed by atoms with Crippen LogP contribution < -0.4 is 5.32 Å². The minimum atomic E-state index is -0.441. The molecule has 7 nitrogen and oxygen atoms in total. The van der Waals surface area contributed by atoms with Crippen molar-refractivity contribution in [1.82, 2.24) is 4.90 Å². The number of fused-ring (bicyclic) bond motifs is 2. The van der Waals surface area contributed by atoms with Crippen molar-refractivity contribution in [1.29, 1.82) is 0 Å². The fourth-order valence-corrected chi connectivity index (χ4v) is 3.69. The van der Waals surface area contributed by atoms with Gasteiger partial charge in [0.15, 0.2) is 0 Å². The van der Waals surface area contributed by atoms with Crippen LogP contribution >= 0.6 is 23.2 Å². The van der Waals surface area contributed by atoms with E-state index in [1.54, 1.807) is 45.0 Å². The Morgan fingerprint density at radius 1 is 1.03 bits per heavy atom. The van der Waals surface area contributed by atoms with Crippen LogP contribution in [-0.4, -0.2) is 28.8 Å². The van der Waals surface area contributed by atoms with Crippen molar-refractivity contribution >= 4 is 69.6 Å². The number of carbonyl (C=O) groups excluding carboxylic acids is 3. The number of rotatable bonds is 8. The van der Waals surface area contributed by atoms with Crippen molar-refractivity contribution in [2.45, 2.75) is 33.6 Å². The van der Waals surface area contributed by atoms with Gasteiger partial charge in [-0.1, -0.05) is 43.6 Å². The van der Waals surface area contributed by atoms with Crippen LogP contribution in [0, 0.1) is 0 Å². The van der Waals surface area contributed by atoms with Gasteiger partial charge in [0.2, 0.25) is 11.8 Å². The molecule has 3 aromatic rings. The van der Waals surface area contributed by atoms with Crippen LogP contribution in [0.4, 0.5) is 5.69 Å². The molecular formula is C25H23Cl2N3O4. The Hall–Kier alpha value is -3.42. The van der Waals surface area contributed by atoms with Crippen molar-refractivity contribution in [2.75, 3.05) is 5.32 Å². The van der Waals surface area contributed by atoms with Crippen LogP contribution in [-0.2, 0) is 9.59 Å². The van der Waals surface area contributed by atoms with E-state index in [2.05, 4.69) is 16.9 Å². The minimum Gasteiger partial charge on any atom is -0.456 e. The van der Waals surface area contributed by atoms with E-state index in [0.717, 1.165) is 4.90 Å². The van der Waals surface area contributed by atoms with Gasteiger partial charge in [-0.2, -0.15) is 0 Å². The molecule has 2 bridgehead atoms. The molecule has 0 saturated heterocycles. The molecule has 0 spiro atoms. The lowest BCUT2D eigenvalue weighted by atomic mass is 9.99. The highest BCUT2D eigenvalue weighted by molar-refractivity contribution is 6.42. The van der Waals surface area contributed by atoms with Crippen molar-refractivity contribution in [3.8, 4) is 0 Å². The average molecular weight is 500 g/mol. The summed E-state index contributed by atoms with van der Waals surface area (Å²) in [5.41, 5.74) is 2.31. The second-order valence-electron chi connectivity index (χ2n) is 7.24. The van der Waals surface area contributed by atoms with E-state index in [9.17, 15) is 14.4 Å². The zero-order valence-corrected chi connectivity index (χ0v) is 20.5. The molecule has 176 valence electrons. The molecule has 34 heavy (non-hydrogen) atoms. The van der Waals surface area contributed by atoms with Gasteiger partial charge in [0.1, 0.15) is 17.0 Å². The molecule has 0 saturated carbocycles. The number of furan rings is 2. The van der Waals surface area contributed by atoms with Crippen molar-refractivity contribution in [3.05, 3.63) is 70.0 Å². The first kappa shape index (κ1) is 25.2. The Morgan fingerprint density at radius 3 is 2.21 bits per heavy atom. The van der Waals surface area contributed by atoms with Gasteiger partial charge in [-0.15, -0.1) is 0 Å². The van der Waals surface area contributed by atoms with Crippen LogP contribution in [0.15, 0.2) is 58.2 Å². The summed E-state index contributed by atoms with van der Waals surface area (Å²) in [6, 6.07) is 8.14. The number of hydrogen-bond donors (Lipinski definition) is 1. The lowest BCUT2D eigenvalue weighted by Crippen LogP contribution is -2.34. The second-order valence-corrected chi connectivity index (χ2v) is 8.06. The molecule has 0 aliphatic heterocycles. The first-order valence-electron chi connectivity index (χ1n) is 10.6. The lowest BCUT2D eigenvalue weighted by molar-refractivity contribution is -0.142. The molecule has 3 amide bonds. The molecule has 2 heterocycles. The molecule has 1 N–H and O–H groups in total. The van der Waals surface area contributed by atoms with Crippen molar-refractivity contribution in [3.63, 3.8) is 0 Å². The highest BCUT2D eigenvalue weighted by atomic mass is 35.5. The number of anilines is 1. The maximum Gasteiger partial charge on any atom is 0.260 e. The number of halogens is 2. The summed E-state index contributed by atoms with van der Waals surface area (Å²) in [6.45, 7) is 9.07. The average Bonchev–Trinajstić information content (AvgIpc) is 3.43. The van der Waals surface area contributed by atoms with E-state index in [1.165, 1.54) is 18.4 Å². The summed E-state index contributed by atoms with van der Waals surface area (Å²) in [4.78, 5) is 43.4. The second kappa shape index (κ2) is 10.7. The van der Waals surface area contributed by atoms with Crippen molar-refractivity contribution in [2.24, 2.45) is 4.99 Å². The van der Waals surface area contributed by atoms with Crippen LogP contribution in [0.3, 0.4) is 0 Å². The number of allylic oxidation sites excluding steroid dienone is 2. The first-order chi connectivity index (χ1) is 16.2. The van der Waals surface area contributed by atoms with Gasteiger partial charge < -0.3 is 9.73 Å². The third-order valence-corrected chi connectivity index (χ3v) is 5.71. The van der Waals surface area contributed by atoms with Crippen LogP contribution in [0.2, 0.25) is 10.0 Å². The molecule has 2 aromatic heterocycles. The molecule has 0 fully saturated rings. The summed E-state index contributed by atoms with van der Waals surface area (Å²) in [5.74, 6) is -1.12. The zero-order chi connectivity index (χ0) is 25.0. The maximum absolute atomic E-state index is 13.2. The topological polar surface area (TPSA) is 92.0 Å². The molecule has 1 aromatic carbocycles. The monoisotopic (exact) mass is 499 g/mol. The van der Waals surface area contributed by atoms with Gasteiger partial charge in [0.25, 0.3) is 5.91 Å². The maximum atomic E-state index is 13.2. The third-order valence-electron chi connectivity index (χ3n) is 4.97. The molecule has 0 atom stereocenters. The van der Waals surface area contributed by atoms with E-state index in [-0.39, 0.29) is 24.2 Å². The minimum absolute atomic E-state index is 0.111. The van der Waals surface area contributed by atoms with E-state index in [0.29, 0.717) is 38.0 Å². The summed E-state index contributed by atoms with van der Waals surface area (Å²) >= 11 is 12.0. The third kappa shape index (κ3) is 5.05. The predicted molar refractivity (Wildman–Crippen MR) is 136 cm³/mol. The van der Waals surface area contributed by atoms with Gasteiger partial charge in [0.05, 0.1) is 15.6 Å². The Labute approximate surface area is 207 Å². The smallest absolute Gasteiger partial charge is 0.260 e. The highest BCUT2D eigenvalue weighted by Gasteiger charge is 2.27. The number of aliphatic imine (C=N–C) groups is 1.